The number of nitriles is 1. The molecule has 0 atom stereocenters. The van der Waals surface area contributed by atoms with Gasteiger partial charge in [-0.25, -0.2) is 4.98 Å². The van der Waals surface area contributed by atoms with Gasteiger partial charge in [0.2, 0.25) is 0 Å². The van der Waals surface area contributed by atoms with Gasteiger partial charge in [-0.3, -0.25) is 5.10 Å². The van der Waals surface area contributed by atoms with E-state index in [1.54, 1.807) is 11.3 Å². The van der Waals surface area contributed by atoms with Gasteiger partial charge in [-0.15, -0.1) is 11.3 Å². The van der Waals surface area contributed by atoms with Crippen LogP contribution < -0.4 is 5.32 Å². The molecule has 0 radical (unpaired) electrons. The number of hydrogen-bond acceptors (Lipinski definition) is 5. The molecule has 0 bridgehead atoms. The number of anilines is 1. The van der Waals surface area contributed by atoms with Crippen molar-refractivity contribution in [1.29, 1.82) is 5.26 Å². The van der Waals surface area contributed by atoms with E-state index in [1.807, 2.05) is 5.38 Å². The summed E-state index contributed by atoms with van der Waals surface area (Å²) in [6.45, 7) is 7.02. The molecule has 0 saturated heterocycles. The number of thiazole rings is 1. The predicted molar refractivity (Wildman–Crippen MR) is 71.4 cm³/mol. The molecule has 2 heterocycles. The van der Waals surface area contributed by atoms with Crippen LogP contribution in [0, 0.1) is 11.3 Å². The van der Waals surface area contributed by atoms with Crippen molar-refractivity contribution in [3.63, 3.8) is 0 Å². The molecule has 0 aliphatic carbocycles. The predicted octanol–water partition coefficient (Wildman–Crippen LogP) is 2.65. The van der Waals surface area contributed by atoms with Crippen molar-refractivity contribution >= 4 is 17.2 Å². The Morgan fingerprint density at radius 3 is 2.89 bits per heavy atom. The minimum atomic E-state index is 0.0781. The zero-order chi connectivity index (χ0) is 13.2. The Morgan fingerprint density at radius 1 is 1.50 bits per heavy atom. The molecule has 2 N–H and O–H groups in total. The molecule has 0 saturated carbocycles. The molecule has 94 valence electrons. The second kappa shape index (κ2) is 4.78. The number of hydrogen-bond donors (Lipinski definition) is 2. The van der Waals surface area contributed by atoms with Crippen molar-refractivity contribution in [3.05, 3.63) is 27.8 Å². The standard InChI is InChI=1S/C12H15N5S/c1-12(2,3)11-16-9(7-18-11)6-14-10-8(4-13)5-15-17-10/h5,7H,6H2,1-3H3,(H2,14,15,17). The Hall–Kier alpha value is -1.87. The lowest BCUT2D eigenvalue weighted by atomic mass is 9.98. The number of rotatable bonds is 3. The first-order valence-electron chi connectivity index (χ1n) is 5.63. The Labute approximate surface area is 110 Å². The van der Waals surface area contributed by atoms with Crippen LogP contribution in [-0.2, 0) is 12.0 Å². The smallest absolute Gasteiger partial charge is 0.139 e. The first kappa shape index (κ1) is 12.6. The van der Waals surface area contributed by atoms with E-state index in [1.165, 1.54) is 6.20 Å². The third kappa shape index (κ3) is 2.68. The van der Waals surface area contributed by atoms with Crippen LogP contribution in [0.1, 0.15) is 37.0 Å². The van der Waals surface area contributed by atoms with E-state index in [9.17, 15) is 0 Å². The minimum Gasteiger partial charge on any atom is -0.364 e. The summed E-state index contributed by atoms with van der Waals surface area (Å²) in [6, 6.07) is 2.07. The maximum absolute atomic E-state index is 8.85. The summed E-state index contributed by atoms with van der Waals surface area (Å²) in [5.41, 5.74) is 1.57. The topological polar surface area (TPSA) is 77.4 Å². The van der Waals surface area contributed by atoms with Crippen LogP contribution in [0.15, 0.2) is 11.6 Å². The molecule has 18 heavy (non-hydrogen) atoms. The van der Waals surface area contributed by atoms with Crippen LogP contribution >= 0.6 is 11.3 Å². The van der Waals surface area contributed by atoms with Crippen molar-refractivity contribution in [3.8, 4) is 6.07 Å². The number of aromatic amines is 1. The van der Waals surface area contributed by atoms with E-state index in [2.05, 4.69) is 47.3 Å². The van der Waals surface area contributed by atoms with E-state index < -0.39 is 0 Å². The fourth-order valence-corrected chi connectivity index (χ4v) is 2.32. The molecule has 0 fully saturated rings. The van der Waals surface area contributed by atoms with Gasteiger partial charge in [0.25, 0.3) is 0 Å². The molecule has 0 aromatic carbocycles. The fraction of sp³-hybridized carbons (Fsp3) is 0.417. The van der Waals surface area contributed by atoms with Crippen molar-refractivity contribution in [2.24, 2.45) is 0 Å². The van der Waals surface area contributed by atoms with Crippen molar-refractivity contribution in [1.82, 2.24) is 15.2 Å². The zero-order valence-electron chi connectivity index (χ0n) is 10.6. The quantitative estimate of drug-likeness (QED) is 0.890. The van der Waals surface area contributed by atoms with Crippen molar-refractivity contribution in [2.75, 3.05) is 5.32 Å². The van der Waals surface area contributed by atoms with Gasteiger partial charge in [0.1, 0.15) is 17.5 Å². The molecule has 0 unspecified atom stereocenters. The lowest BCUT2D eigenvalue weighted by Gasteiger charge is -2.13. The third-order valence-corrected chi connectivity index (χ3v) is 3.72. The highest BCUT2D eigenvalue weighted by molar-refractivity contribution is 7.09. The maximum atomic E-state index is 8.85. The molecule has 0 spiro atoms. The Bertz CT molecular complexity index is 570. The molecule has 5 nitrogen and oxygen atoms in total. The summed E-state index contributed by atoms with van der Waals surface area (Å²) in [5, 5.41) is 21.7. The fourth-order valence-electron chi connectivity index (χ4n) is 1.42. The van der Waals surface area contributed by atoms with Gasteiger partial charge in [0, 0.05) is 10.8 Å². The van der Waals surface area contributed by atoms with Gasteiger partial charge in [0.15, 0.2) is 0 Å². The van der Waals surface area contributed by atoms with Crippen molar-refractivity contribution in [2.45, 2.75) is 32.7 Å². The molecule has 2 rings (SSSR count). The molecular formula is C12H15N5S. The van der Waals surface area contributed by atoms with E-state index in [0.717, 1.165) is 10.7 Å². The average molecular weight is 261 g/mol. The van der Waals surface area contributed by atoms with Gasteiger partial charge >= 0.3 is 0 Å². The summed E-state index contributed by atoms with van der Waals surface area (Å²) < 4.78 is 0. The Morgan fingerprint density at radius 2 is 2.28 bits per heavy atom. The molecule has 2 aromatic rings. The van der Waals surface area contributed by atoms with Crippen LogP contribution in [0.3, 0.4) is 0 Å². The summed E-state index contributed by atoms with van der Waals surface area (Å²) in [6.07, 6.45) is 1.50. The largest absolute Gasteiger partial charge is 0.364 e. The monoisotopic (exact) mass is 261 g/mol. The molecule has 0 aliphatic rings. The third-order valence-electron chi connectivity index (χ3n) is 2.40. The maximum Gasteiger partial charge on any atom is 0.139 e. The molecule has 0 amide bonds. The van der Waals surface area contributed by atoms with Gasteiger partial charge in [-0.2, -0.15) is 10.4 Å². The molecule has 2 aromatic heterocycles. The second-order valence-electron chi connectivity index (χ2n) is 5.02. The summed E-state index contributed by atoms with van der Waals surface area (Å²) in [4.78, 5) is 4.58. The molecular weight excluding hydrogens is 246 g/mol. The minimum absolute atomic E-state index is 0.0781. The Kier molecular flexibility index (Phi) is 3.34. The van der Waals surface area contributed by atoms with Crippen LogP contribution in [-0.4, -0.2) is 15.2 Å². The molecule has 6 heteroatoms. The first-order chi connectivity index (χ1) is 8.50. The number of nitrogens with one attached hydrogen (secondary N) is 2. The van der Waals surface area contributed by atoms with E-state index in [4.69, 9.17) is 5.26 Å². The number of H-pyrrole nitrogens is 1. The van der Waals surface area contributed by atoms with E-state index in [-0.39, 0.29) is 5.41 Å². The summed E-state index contributed by atoms with van der Waals surface area (Å²) in [5.74, 6) is 0.641. The zero-order valence-corrected chi connectivity index (χ0v) is 11.4. The van der Waals surface area contributed by atoms with Crippen molar-refractivity contribution < 1.29 is 0 Å². The number of aromatic nitrogens is 3. The number of nitrogens with zero attached hydrogens (tertiary/aromatic N) is 3. The van der Waals surface area contributed by atoms with E-state index >= 15 is 0 Å². The van der Waals surface area contributed by atoms with Crippen LogP contribution in [0.5, 0.6) is 0 Å². The highest BCUT2D eigenvalue weighted by Crippen LogP contribution is 2.25. The van der Waals surface area contributed by atoms with Gasteiger partial charge < -0.3 is 5.32 Å². The summed E-state index contributed by atoms with van der Waals surface area (Å²) in [7, 11) is 0. The highest BCUT2D eigenvalue weighted by Gasteiger charge is 2.17. The first-order valence-corrected chi connectivity index (χ1v) is 6.51. The lowest BCUT2D eigenvalue weighted by molar-refractivity contribution is 0.583. The van der Waals surface area contributed by atoms with E-state index in [0.29, 0.717) is 17.9 Å². The SMILES string of the molecule is CC(C)(C)c1nc(CNc2[nH]ncc2C#N)cs1. The second-order valence-corrected chi connectivity index (χ2v) is 5.88. The molecule has 0 aliphatic heterocycles. The Balaban J connectivity index is 2.03. The van der Waals surface area contributed by atoms with Crippen LogP contribution in [0.2, 0.25) is 0 Å². The lowest BCUT2D eigenvalue weighted by Crippen LogP contribution is -2.11. The van der Waals surface area contributed by atoms with Gasteiger partial charge in [-0.05, 0) is 0 Å². The van der Waals surface area contributed by atoms with Gasteiger partial charge in [0.05, 0.1) is 23.4 Å². The highest BCUT2D eigenvalue weighted by atomic mass is 32.1. The van der Waals surface area contributed by atoms with Gasteiger partial charge in [-0.1, -0.05) is 20.8 Å². The average Bonchev–Trinajstić information content (AvgIpc) is 2.94. The normalized spacial score (nSPS) is 11.2. The summed E-state index contributed by atoms with van der Waals surface area (Å²) >= 11 is 1.66. The van der Waals surface area contributed by atoms with Crippen LogP contribution in [0.25, 0.3) is 0 Å². The van der Waals surface area contributed by atoms with Crippen LogP contribution in [0.4, 0.5) is 5.82 Å².